The molecule has 2 aromatic carbocycles. The van der Waals surface area contributed by atoms with E-state index in [-0.39, 0.29) is 11.9 Å². The largest absolute Gasteiger partial charge is 0.496 e. The lowest BCUT2D eigenvalue weighted by Gasteiger charge is -2.26. The van der Waals surface area contributed by atoms with Crippen molar-refractivity contribution in [2.24, 2.45) is 0 Å². The van der Waals surface area contributed by atoms with Gasteiger partial charge >= 0.3 is 0 Å². The second-order valence-electron chi connectivity index (χ2n) is 6.20. The van der Waals surface area contributed by atoms with E-state index < -0.39 is 0 Å². The molecule has 0 aromatic heterocycles. The number of hydrogen-bond acceptors (Lipinski definition) is 4. The zero-order valence-electron chi connectivity index (χ0n) is 14.9. The van der Waals surface area contributed by atoms with Crippen LogP contribution in [-0.2, 0) is 6.54 Å². The SMILES string of the molecule is COc1cc(OC)c(OC)cc1CN1CCC[C@H]1c1cccc(F)c1. The Bertz CT molecular complexity index is 735. The Morgan fingerprint density at radius 1 is 1.00 bits per heavy atom. The smallest absolute Gasteiger partial charge is 0.164 e. The summed E-state index contributed by atoms with van der Waals surface area (Å²) >= 11 is 0. The summed E-state index contributed by atoms with van der Waals surface area (Å²) in [6, 6.07) is 10.9. The van der Waals surface area contributed by atoms with Crippen molar-refractivity contribution < 1.29 is 18.6 Å². The number of rotatable bonds is 6. The highest BCUT2D eigenvalue weighted by Crippen LogP contribution is 2.38. The zero-order chi connectivity index (χ0) is 17.8. The predicted octanol–water partition coefficient (Wildman–Crippen LogP) is 4.19. The fourth-order valence-corrected chi connectivity index (χ4v) is 3.54. The van der Waals surface area contributed by atoms with Crippen molar-refractivity contribution in [3.05, 3.63) is 53.3 Å². The first kappa shape index (κ1) is 17.5. The van der Waals surface area contributed by atoms with Crippen molar-refractivity contribution in [1.82, 2.24) is 4.90 Å². The minimum absolute atomic E-state index is 0.187. The van der Waals surface area contributed by atoms with Crippen LogP contribution >= 0.6 is 0 Å². The van der Waals surface area contributed by atoms with E-state index in [1.165, 1.54) is 6.07 Å². The van der Waals surface area contributed by atoms with E-state index in [1.54, 1.807) is 33.5 Å². The molecule has 1 saturated heterocycles. The van der Waals surface area contributed by atoms with Crippen molar-refractivity contribution in [1.29, 1.82) is 0 Å². The summed E-state index contributed by atoms with van der Waals surface area (Å²) in [4.78, 5) is 2.36. The number of likely N-dealkylation sites (tertiary alicyclic amines) is 1. The molecule has 1 heterocycles. The standard InChI is InChI=1S/C20H24FNO3/c1-23-18-12-20(25-3)19(24-2)11-15(18)13-22-9-5-8-17(22)14-6-4-7-16(21)10-14/h4,6-7,10-12,17H,5,8-9,13H2,1-3H3/t17-/m0/s1. The molecule has 0 unspecified atom stereocenters. The van der Waals surface area contributed by atoms with Crippen molar-refractivity contribution >= 4 is 0 Å². The topological polar surface area (TPSA) is 30.9 Å². The predicted molar refractivity (Wildman–Crippen MR) is 94.9 cm³/mol. The van der Waals surface area contributed by atoms with Gasteiger partial charge in [-0.05, 0) is 43.1 Å². The minimum atomic E-state index is -0.187. The number of methoxy groups -OCH3 is 3. The van der Waals surface area contributed by atoms with Gasteiger partial charge in [0.15, 0.2) is 11.5 Å². The first-order chi connectivity index (χ1) is 12.2. The summed E-state index contributed by atoms with van der Waals surface area (Å²) in [6.07, 6.45) is 2.12. The van der Waals surface area contributed by atoms with Gasteiger partial charge in [-0.15, -0.1) is 0 Å². The highest BCUT2D eigenvalue weighted by atomic mass is 19.1. The molecular weight excluding hydrogens is 321 g/mol. The number of ether oxygens (including phenoxy) is 3. The molecule has 1 atom stereocenters. The Hall–Kier alpha value is -2.27. The molecule has 0 amide bonds. The molecule has 1 aliphatic heterocycles. The molecule has 0 bridgehead atoms. The van der Waals surface area contributed by atoms with Gasteiger partial charge in [0.2, 0.25) is 0 Å². The fourth-order valence-electron chi connectivity index (χ4n) is 3.54. The number of benzene rings is 2. The Morgan fingerprint density at radius 2 is 1.72 bits per heavy atom. The maximum Gasteiger partial charge on any atom is 0.164 e. The minimum Gasteiger partial charge on any atom is -0.496 e. The van der Waals surface area contributed by atoms with Crippen LogP contribution in [0.4, 0.5) is 4.39 Å². The molecule has 0 radical (unpaired) electrons. The second kappa shape index (κ2) is 7.74. The van der Waals surface area contributed by atoms with Gasteiger partial charge < -0.3 is 14.2 Å². The van der Waals surface area contributed by atoms with Crippen molar-refractivity contribution in [2.45, 2.75) is 25.4 Å². The first-order valence-electron chi connectivity index (χ1n) is 8.44. The Balaban J connectivity index is 1.88. The van der Waals surface area contributed by atoms with Gasteiger partial charge in [-0.2, -0.15) is 0 Å². The Kier molecular flexibility index (Phi) is 5.43. The molecule has 2 aromatic rings. The van der Waals surface area contributed by atoms with E-state index in [4.69, 9.17) is 14.2 Å². The molecule has 0 aliphatic carbocycles. The van der Waals surface area contributed by atoms with Gasteiger partial charge in [0.25, 0.3) is 0 Å². The number of halogens is 1. The summed E-state index contributed by atoms with van der Waals surface area (Å²) < 4.78 is 29.9. The molecule has 0 saturated carbocycles. The van der Waals surface area contributed by atoms with Gasteiger partial charge in [0.1, 0.15) is 11.6 Å². The average Bonchev–Trinajstić information content (AvgIpc) is 3.09. The zero-order valence-corrected chi connectivity index (χ0v) is 14.9. The highest BCUT2D eigenvalue weighted by Gasteiger charge is 2.27. The monoisotopic (exact) mass is 345 g/mol. The van der Waals surface area contributed by atoms with E-state index in [0.717, 1.165) is 36.3 Å². The third kappa shape index (κ3) is 3.71. The molecule has 4 nitrogen and oxygen atoms in total. The summed E-state index contributed by atoms with van der Waals surface area (Å²) in [5.74, 6) is 1.90. The molecule has 0 spiro atoms. The summed E-state index contributed by atoms with van der Waals surface area (Å²) in [5, 5.41) is 0. The average molecular weight is 345 g/mol. The number of nitrogens with zero attached hydrogens (tertiary/aromatic N) is 1. The lowest BCUT2D eigenvalue weighted by Crippen LogP contribution is -2.23. The fraction of sp³-hybridized carbons (Fsp3) is 0.400. The van der Waals surface area contributed by atoms with E-state index >= 15 is 0 Å². The van der Waals surface area contributed by atoms with Crippen LogP contribution in [0.3, 0.4) is 0 Å². The van der Waals surface area contributed by atoms with E-state index in [9.17, 15) is 4.39 Å². The quantitative estimate of drug-likeness (QED) is 0.785. The van der Waals surface area contributed by atoms with Crippen LogP contribution in [0.1, 0.15) is 30.0 Å². The van der Waals surface area contributed by atoms with Crippen LogP contribution in [0, 0.1) is 5.82 Å². The Labute approximate surface area is 148 Å². The summed E-state index contributed by atoms with van der Waals surface area (Å²) in [6.45, 7) is 1.68. The Morgan fingerprint density at radius 3 is 2.40 bits per heavy atom. The van der Waals surface area contributed by atoms with Crippen LogP contribution in [0.25, 0.3) is 0 Å². The molecule has 5 heteroatoms. The number of hydrogen-bond donors (Lipinski definition) is 0. The lowest BCUT2D eigenvalue weighted by molar-refractivity contribution is 0.243. The van der Waals surface area contributed by atoms with Crippen LogP contribution in [-0.4, -0.2) is 32.8 Å². The second-order valence-corrected chi connectivity index (χ2v) is 6.20. The van der Waals surface area contributed by atoms with E-state index in [0.29, 0.717) is 18.0 Å². The molecule has 1 aliphatic rings. The van der Waals surface area contributed by atoms with Crippen LogP contribution in [0.5, 0.6) is 17.2 Å². The van der Waals surface area contributed by atoms with Crippen LogP contribution in [0.15, 0.2) is 36.4 Å². The maximum atomic E-state index is 13.6. The molecular formula is C20H24FNO3. The molecule has 25 heavy (non-hydrogen) atoms. The van der Waals surface area contributed by atoms with Crippen molar-refractivity contribution in [3.63, 3.8) is 0 Å². The molecule has 134 valence electrons. The van der Waals surface area contributed by atoms with E-state index in [1.807, 2.05) is 18.2 Å². The highest BCUT2D eigenvalue weighted by molar-refractivity contribution is 5.50. The van der Waals surface area contributed by atoms with Crippen molar-refractivity contribution in [3.8, 4) is 17.2 Å². The van der Waals surface area contributed by atoms with Gasteiger partial charge in [0.05, 0.1) is 21.3 Å². The summed E-state index contributed by atoms with van der Waals surface area (Å²) in [7, 11) is 4.88. The molecule has 3 rings (SSSR count). The van der Waals surface area contributed by atoms with Crippen LogP contribution < -0.4 is 14.2 Å². The van der Waals surface area contributed by atoms with Gasteiger partial charge in [-0.25, -0.2) is 4.39 Å². The first-order valence-corrected chi connectivity index (χ1v) is 8.44. The lowest BCUT2D eigenvalue weighted by atomic mass is 10.0. The van der Waals surface area contributed by atoms with Crippen molar-refractivity contribution in [2.75, 3.05) is 27.9 Å². The maximum absolute atomic E-state index is 13.6. The molecule has 0 N–H and O–H groups in total. The van der Waals surface area contributed by atoms with Gasteiger partial charge in [0, 0.05) is 24.2 Å². The van der Waals surface area contributed by atoms with Gasteiger partial charge in [-0.3, -0.25) is 4.90 Å². The normalized spacial score (nSPS) is 17.5. The summed E-state index contributed by atoms with van der Waals surface area (Å²) in [5.41, 5.74) is 2.06. The third-order valence-corrected chi connectivity index (χ3v) is 4.76. The van der Waals surface area contributed by atoms with E-state index in [2.05, 4.69) is 4.90 Å². The third-order valence-electron chi connectivity index (χ3n) is 4.76. The van der Waals surface area contributed by atoms with Gasteiger partial charge in [-0.1, -0.05) is 12.1 Å². The van der Waals surface area contributed by atoms with Crippen LogP contribution in [0.2, 0.25) is 0 Å². The molecule has 1 fully saturated rings.